The van der Waals surface area contributed by atoms with Gasteiger partial charge in [0.05, 0.1) is 0 Å². The van der Waals surface area contributed by atoms with Crippen LogP contribution in [0.15, 0.2) is 48.5 Å². The van der Waals surface area contributed by atoms with E-state index in [0.717, 1.165) is 5.56 Å². The summed E-state index contributed by atoms with van der Waals surface area (Å²) in [5.74, 6) is 0.498. The molecule has 0 spiro atoms. The molecule has 0 saturated heterocycles. The van der Waals surface area contributed by atoms with Gasteiger partial charge in [0.25, 0.3) is 0 Å². The highest BCUT2D eigenvalue weighted by Gasteiger charge is 2.07. The van der Waals surface area contributed by atoms with Crippen molar-refractivity contribution in [1.82, 2.24) is 0 Å². The Hall–Kier alpha value is -1.56. The van der Waals surface area contributed by atoms with Crippen molar-refractivity contribution in [3.05, 3.63) is 59.7 Å². The topological polar surface area (TPSA) is 0 Å². The van der Waals surface area contributed by atoms with Crippen LogP contribution in [0.4, 0.5) is 0 Å². The molecule has 0 heterocycles. The van der Waals surface area contributed by atoms with Gasteiger partial charge >= 0.3 is 0 Å². The summed E-state index contributed by atoms with van der Waals surface area (Å²) in [6.07, 6.45) is 0.323. The zero-order chi connectivity index (χ0) is 14.5. The molecule has 18 heavy (non-hydrogen) atoms. The van der Waals surface area contributed by atoms with Gasteiger partial charge in [0.15, 0.2) is 0 Å². The average molecular weight is 240 g/mol. The van der Waals surface area contributed by atoms with Crippen LogP contribution in [0.3, 0.4) is 0 Å². The van der Waals surface area contributed by atoms with E-state index in [9.17, 15) is 0 Å². The van der Waals surface area contributed by atoms with Crippen molar-refractivity contribution in [2.24, 2.45) is 0 Å². The second kappa shape index (κ2) is 5.86. The van der Waals surface area contributed by atoms with Gasteiger partial charge in [-0.2, -0.15) is 0 Å². The lowest BCUT2D eigenvalue weighted by atomic mass is 9.92. The summed E-state index contributed by atoms with van der Waals surface area (Å²) in [6, 6.07) is 16.8. The van der Waals surface area contributed by atoms with E-state index in [1.54, 1.807) is 0 Å². The normalized spacial score (nSPS) is 14.2. The van der Waals surface area contributed by atoms with Gasteiger partial charge in [-0.25, -0.2) is 0 Å². The lowest BCUT2D eigenvalue weighted by molar-refractivity contribution is 0.869. The zero-order valence-corrected chi connectivity index (χ0v) is 11.2. The van der Waals surface area contributed by atoms with Gasteiger partial charge in [-0.1, -0.05) is 75.7 Å². The molecule has 1 atom stereocenters. The maximum Gasteiger partial charge on any atom is 0.0316 e. The van der Waals surface area contributed by atoms with Crippen LogP contribution < -0.4 is 0 Å². The number of hydrogen-bond acceptors (Lipinski definition) is 0. The summed E-state index contributed by atoms with van der Waals surface area (Å²) in [5.41, 5.74) is 4.84. The molecule has 2 aromatic rings. The quantitative estimate of drug-likeness (QED) is 0.668. The monoisotopic (exact) mass is 240 g/mol. The molecule has 0 amide bonds. The van der Waals surface area contributed by atoms with E-state index in [4.69, 9.17) is 2.74 Å². The van der Waals surface area contributed by atoms with Gasteiger partial charge in [0, 0.05) is 2.74 Å². The number of benzene rings is 2. The van der Waals surface area contributed by atoms with Crippen LogP contribution in [0.2, 0.25) is 0 Å². The zero-order valence-electron chi connectivity index (χ0n) is 13.2. The molecule has 2 aromatic carbocycles. The van der Waals surface area contributed by atoms with E-state index in [-0.39, 0.29) is 6.40 Å². The number of aryl methyl sites for hydroxylation is 1. The fourth-order valence-corrected chi connectivity index (χ4v) is 2.23. The minimum Gasteiger partial charge on any atom is -0.0651 e. The fraction of sp³-hybridized carbons (Fsp3) is 0.333. The van der Waals surface area contributed by atoms with E-state index >= 15 is 0 Å². The molecule has 0 saturated carbocycles. The van der Waals surface area contributed by atoms with Crippen LogP contribution in [-0.4, -0.2) is 0 Å². The van der Waals surface area contributed by atoms with Gasteiger partial charge in [-0.15, -0.1) is 0 Å². The van der Waals surface area contributed by atoms with Crippen molar-refractivity contribution < 1.29 is 2.74 Å². The van der Waals surface area contributed by atoms with Gasteiger partial charge < -0.3 is 0 Å². The molecule has 0 N–H and O–H groups in total. The highest BCUT2D eigenvalue weighted by molar-refractivity contribution is 5.68. The van der Waals surface area contributed by atoms with E-state index < -0.39 is 0 Å². The predicted molar refractivity (Wildman–Crippen MR) is 80.0 cm³/mol. The first-order valence-electron chi connectivity index (χ1n) is 7.82. The van der Waals surface area contributed by atoms with Crippen LogP contribution in [0.25, 0.3) is 11.1 Å². The van der Waals surface area contributed by atoms with Gasteiger partial charge in [-0.3, -0.25) is 0 Å². The molecule has 0 aliphatic rings. The molecular formula is C18H22. The summed E-state index contributed by atoms with van der Waals surface area (Å²) in [5, 5.41) is 0. The Morgan fingerprint density at radius 3 is 2.44 bits per heavy atom. The standard InChI is InChI=1S/C18H22/c1-4-7-15-10-12-16(13-11-15)18-9-6-5-8-17(18)14(2)3/h5-6,8-14H,4,7H2,1-3H3/i1D,7D. The first kappa shape index (κ1) is 10.4. The maximum absolute atomic E-state index is 7.98. The highest BCUT2D eigenvalue weighted by Crippen LogP contribution is 2.29. The minimum absolute atomic E-state index is 0.276. The Balaban J connectivity index is 2.31. The third-order valence-corrected chi connectivity index (χ3v) is 3.18. The molecule has 2 rings (SSSR count). The third-order valence-electron chi connectivity index (χ3n) is 3.18. The minimum atomic E-state index is -0.276. The van der Waals surface area contributed by atoms with Crippen molar-refractivity contribution in [2.45, 2.75) is 39.5 Å². The molecule has 0 fully saturated rings. The van der Waals surface area contributed by atoms with Crippen molar-refractivity contribution in [2.75, 3.05) is 0 Å². The smallest absolute Gasteiger partial charge is 0.0316 e. The summed E-state index contributed by atoms with van der Waals surface area (Å²) < 4.78 is 15.2. The van der Waals surface area contributed by atoms with Crippen molar-refractivity contribution in [3.8, 4) is 11.1 Å². The average Bonchev–Trinajstić information content (AvgIpc) is 2.47. The molecule has 0 aromatic heterocycles. The van der Waals surface area contributed by atoms with Crippen LogP contribution in [-0.2, 0) is 6.40 Å². The van der Waals surface area contributed by atoms with E-state index in [0.29, 0.717) is 19.2 Å². The molecule has 0 radical (unpaired) electrons. The van der Waals surface area contributed by atoms with Crippen LogP contribution in [0.5, 0.6) is 0 Å². The first-order valence-corrected chi connectivity index (χ1v) is 6.54. The molecule has 0 aliphatic heterocycles. The van der Waals surface area contributed by atoms with Gasteiger partial charge in [-0.05, 0) is 34.6 Å². The molecule has 0 aliphatic carbocycles. The van der Waals surface area contributed by atoms with Crippen LogP contribution in [0.1, 0.15) is 47.0 Å². The molecule has 0 heteroatoms. The van der Waals surface area contributed by atoms with E-state index in [1.807, 2.05) is 12.1 Å². The predicted octanol–water partition coefficient (Wildman–Crippen LogP) is 5.43. The number of rotatable bonds is 4. The van der Waals surface area contributed by atoms with Crippen molar-refractivity contribution >= 4 is 0 Å². The summed E-state index contributed by atoms with van der Waals surface area (Å²) in [6.45, 7) is 4.73. The highest BCUT2D eigenvalue weighted by atomic mass is 14.1. The molecule has 0 bridgehead atoms. The second-order valence-corrected chi connectivity index (χ2v) is 4.86. The van der Waals surface area contributed by atoms with Crippen LogP contribution >= 0.6 is 0 Å². The van der Waals surface area contributed by atoms with Gasteiger partial charge in [0.1, 0.15) is 0 Å². The third kappa shape index (κ3) is 2.81. The van der Waals surface area contributed by atoms with Crippen LogP contribution in [0, 0.1) is 0 Å². The Kier molecular flexibility index (Phi) is 3.38. The van der Waals surface area contributed by atoms with Crippen molar-refractivity contribution in [3.63, 3.8) is 0 Å². The Morgan fingerprint density at radius 1 is 1.06 bits per heavy atom. The Bertz CT molecular complexity index is 544. The second-order valence-electron chi connectivity index (χ2n) is 4.86. The molecule has 1 unspecified atom stereocenters. The molecule has 94 valence electrons. The first-order chi connectivity index (χ1) is 9.63. The number of hydrogen-bond donors (Lipinski definition) is 0. The lowest BCUT2D eigenvalue weighted by Crippen LogP contribution is -1.92. The van der Waals surface area contributed by atoms with Crippen molar-refractivity contribution in [1.29, 1.82) is 0 Å². The largest absolute Gasteiger partial charge is 0.0651 e. The Morgan fingerprint density at radius 2 is 1.78 bits per heavy atom. The fourth-order valence-electron chi connectivity index (χ4n) is 2.23. The molecular weight excluding hydrogens is 216 g/mol. The SMILES string of the molecule is [2H]CCC([2H])c1ccc(-c2ccccc2C(C)C)cc1. The summed E-state index contributed by atoms with van der Waals surface area (Å²) in [4.78, 5) is 0. The lowest BCUT2D eigenvalue weighted by Gasteiger charge is -2.13. The van der Waals surface area contributed by atoms with E-state index in [1.165, 1.54) is 16.7 Å². The summed E-state index contributed by atoms with van der Waals surface area (Å²) >= 11 is 0. The van der Waals surface area contributed by atoms with Gasteiger partial charge in [0.2, 0.25) is 0 Å². The summed E-state index contributed by atoms with van der Waals surface area (Å²) in [7, 11) is 0. The molecule has 0 nitrogen and oxygen atoms in total. The maximum atomic E-state index is 7.98. The Labute approximate surface area is 113 Å². The van der Waals surface area contributed by atoms with E-state index in [2.05, 4.69) is 50.2 Å².